The van der Waals surface area contributed by atoms with Crippen molar-refractivity contribution in [2.45, 2.75) is 19.9 Å². The van der Waals surface area contributed by atoms with Crippen LogP contribution in [0.15, 0.2) is 35.7 Å². The Morgan fingerprint density at radius 1 is 1.06 bits per heavy atom. The van der Waals surface area contributed by atoms with Gasteiger partial charge in [-0.05, 0) is 49.0 Å². The van der Waals surface area contributed by atoms with E-state index in [1.165, 1.54) is 21.6 Å². The number of hydrogen-bond donors (Lipinski definition) is 1. The van der Waals surface area contributed by atoms with Gasteiger partial charge in [0, 0.05) is 4.88 Å². The van der Waals surface area contributed by atoms with Gasteiger partial charge in [0.2, 0.25) is 0 Å². The van der Waals surface area contributed by atoms with Crippen LogP contribution >= 0.6 is 11.3 Å². The van der Waals surface area contributed by atoms with Crippen molar-refractivity contribution in [1.29, 1.82) is 0 Å². The van der Waals surface area contributed by atoms with Gasteiger partial charge in [-0.15, -0.1) is 11.3 Å². The van der Waals surface area contributed by atoms with E-state index in [0.29, 0.717) is 6.04 Å². The molecule has 0 amide bonds. The molecule has 1 aromatic heterocycles. The summed E-state index contributed by atoms with van der Waals surface area (Å²) in [6.07, 6.45) is 0. The van der Waals surface area contributed by atoms with Gasteiger partial charge in [-0.2, -0.15) is 0 Å². The highest BCUT2D eigenvalue weighted by Gasteiger charge is 2.16. The smallest absolute Gasteiger partial charge is 0.0673 e. The summed E-state index contributed by atoms with van der Waals surface area (Å²) < 4.78 is 0. The van der Waals surface area contributed by atoms with Crippen LogP contribution in [0.2, 0.25) is 0 Å². The molecule has 1 atom stereocenters. The highest BCUT2D eigenvalue weighted by molar-refractivity contribution is 7.10. The molecule has 2 heteroatoms. The fraction of sp³-hybridized carbons (Fsp3) is 0.286. The maximum Gasteiger partial charge on any atom is 0.0673 e. The summed E-state index contributed by atoms with van der Waals surface area (Å²) in [4.78, 5) is 1.41. The lowest BCUT2D eigenvalue weighted by Crippen LogP contribution is -2.18. The van der Waals surface area contributed by atoms with Gasteiger partial charge in [0.05, 0.1) is 6.04 Å². The molecule has 0 aliphatic carbocycles. The first-order valence-electron chi connectivity index (χ1n) is 5.51. The van der Waals surface area contributed by atoms with Crippen molar-refractivity contribution in [3.05, 3.63) is 57.3 Å². The molecule has 2 rings (SSSR count). The molecular weight excluding hydrogens is 214 g/mol. The van der Waals surface area contributed by atoms with Crippen molar-refractivity contribution in [3.63, 3.8) is 0 Å². The topological polar surface area (TPSA) is 12.0 Å². The number of thiophene rings is 1. The standard InChI is InChI=1S/C14H17NS/c1-10-6-4-5-7-12(10)13(15-3)14-11(2)8-9-16-14/h4-9,13,15H,1-3H3. The lowest BCUT2D eigenvalue weighted by molar-refractivity contribution is 0.696. The molecule has 0 aliphatic heterocycles. The van der Waals surface area contributed by atoms with Crippen LogP contribution in [0.4, 0.5) is 0 Å². The van der Waals surface area contributed by atoms with Crippen molar-refractivity contribution < 1.29 is 0 Å². The maximum absolute atomic E-state index is 3.41. The highest BCUT2D eigenvalue weighted by Crippen LogP contribution is 2.30. The van der Waals surface area contributed by atoms with E-state index in [9.17, 15) is 0 Å². The summed E-state index contributed by atoms with van der Waals surface area (Å²) in [7, 11) is 2.02. The average Bonchev–Trinajstić information content (AvgIpc) is 2.69. The van der Waals surface area contributed by atoms with Gasteiger partial charge in [0.25, 0.3) is 0 Å². The van der Waals surface area contributed by atoms with Gasteiger partial charge in [0.15, 0.2) is 0 Å². The molecule has 0 aliphatic rings. The molecule has 1 nitrogen and oxygen atoms in total. The van der Waals surface area contributed by atoms with E-state index in [-0.39, 0.29) is 0 Å². The molecule has 0 saturated heterocycles. The quantitative estimate of drug-likeness (QED) is 0.850. The Morgan fingerprint density at radius 3 is 2.38 bits per heavy atom. The van der Waals surface area contributed by atoms with E-state index in [0.717, 1.165) is 0 Å². The Kier molecular flexibility index (Phi) is 3.42. The molecule has 1 unspecified atom stereocenters. The molecule has 0 fully saturated rings. The SMILES string of the molecule is CNC(c1ccccc1C)c1sccc1C. The summed E-state index contributed by atoms with van der Waals surface area (Å²) in [5.74, 6) is 0. The predicted molar refractivity (Wildman–Crippen MR) is 71.1 cm³/mol. The third kappa shape index (κ3) is 2.04. The van der Waals surface area contributed by atoms with E-state index >= 15 is 0 Å². The van der Waals surface area contributed by atoms with E-state index in [1.807, 2.05) is 18.4 Å². The van der Waals surface area contributed by atoms with Crippen LogP contribution in [-0.4, -0.2) is 7.05 Å². The third-order valence-electron chi connectivity index (χ3n) is 2.95. The second-order valence-electron chi connectivity index (χ2n) is 4.05. The minimum absolute atomic E-state index is 0.321. The van der Waals surface area contributed by atoms with Gasteiger partial charge in [0.1, 0.15) is 0 Å². The van der Waals surface area contributed by atoms with Crippen molar-refractivity contribution >= 4 is 11.3 Å². The predicted octanol–water partition coefficient (Wildman–Crippen LogP) is 3.67. The molecule has 0 spiro atoms. The van der Waals surface area contributed by atoms with Crippen molar-refractivity contribution in [1.82, 2.24) is 5.32 Å². The molecule has 0 bridgehead atoms. The van der Waals surface area contributed by atoms with Gasteiger partial charge < -0.3 is 5.32 Å². The lowest BCUT2D eigenvalue weighted by Gasteiger charge is -2.18. The van der Waals surface area contributed by atoms with Gasteiger partial charge in [-0.1, -0.05) is 24.3 Å². The van der Waals surface area contributed by atoms with Crippen LogP contribution in [0.3, 0.4) is 0 Å². The van der Waals surface area contributed by atoms with Crippen molar-refractivity contribution in [2.75, 3.05) is 7.05 Å². The number of aryl methyl sites for hydroxylation is 2. The van der Waals surface area contributed by atoms with E-state index in [1.54, 1.807) is 0 Å². The van der Waals surface area contributed by atoms with Crippen LogP contribution < -0.4 is 5.32 Å². The first kappa shape index (κ1) is 11.4. The third-order valence-corrected chi connectivity index (χ3v) is 4.04. The van der Waals surface area contributed by atoms with E-state index < -0.39 is 0 Å². The molecule has 1 N–H and O–H groups in total. The minimum atomic E-state index is 0.321. The molecular formula is C14H17NS. The Morgan fingerprint density at radius 2 is 1.81 bits per heavy atom. The molecule has 1 heterocycles. The minimum Gasteiger partial charge on any atom is -0.309 e. The summed E-state index contributed by atoms with van der Waals surface area (Å²) in [5.41, 5.74) is 4.08. The van der Waals surface area contributed by atoms with Crippen LogP contribution in [0.25, 0.3) is 0 Å². The van der Waals surface area contributed by atoms with Crippen LogP contribution in [0.5, 0.6) is 0 Å². The van der Waals surface area contributed by atoms with Crippen molar-refractivity contribution in [2.24, 2.45) is 0 Å². The highest BCUT2D eigenvalue weighted by atomic mass is 32.1. The summed E-state index contributed by atoms with van der Waals surface area (Å²) in [6.45, 7) is 4.34. The summed E-state index contributed by atoms with van der Waals surface area (Å²) >= 11 is 1.82. The molecule has 0 radical (unpaired) electrons. The zero-order valence-corrected chi connectivity index (χ0v) is 10.8. The average molecular weight is 231 g/mol. The number of rotatable bonds is 3. The molecule has 2 aromatic rings. The Labute approximate surface area is 101 Å². The van der Waals surface area contributed by atoms with Crippen LogP contribution in [0.1, 0.15) is 27.6 Å². The largest absolute Gasteiger partial charge is 0.309 e. The van der Waals surface area contributed by atoms with Crippen molar-refractivity contribution in [3.8, 4) is 0 Å². The summed E-state index contributed by atoms with van der Waals surface area (Å²) in [5, 5.41) is 5.57. The van der Waals surface area contributed by atoms with Gasteiger partial charge in [-0.25, -0.2) is 0 Å². The normalized spacial score (nSPS) is 12.7. The monoisotopic (exact) mass is 231 g/mol. The van der Waals surface area contributed by atoms with E-state index in [2.05, 4.69) is 54.9 Å². The van der Waals surface area contributed by atoms with Gasteiger partial charge >= 0.3 is 0 Å². The first-order valence-corrected chi connectivity index (χ1v) is 6.38. The van der Waals surface area contributed by atoms with Crippen LogP contribution in [0, 0.1) is 13.8 Å². The molecule has 0 saturated carbocycles. The zero-order chi connectivity index (χ0) is 11.5. The number of benzene rings is 1. The summed E-state index contributed by atoms with van der Waals surface area (Å²) in [6, 6.07) is 11.1. The Hall–Kier alpha value is -1.12. The molecule has 84 valence electrons. The first-order chi connectivity index (χ1) is 7.74. The maximum atomic E-state index is 3.41. The lowest BCUT2D eigenvalue weighted by atomic mass is 9.99. The van der Waals surface area contributed by atoms with Gasteiger partial charge in [-0.3, -0.25) is 0 Å². The van der Waals surface area contributed by atoms with E-state index in [4.69, 9.17) is 0 Å². The fourth-order valence-corrected chi connectivity index (χ4v) is 3.07. The number of hydrogen-bond acceptors (Lipinski definition) is 2. The number of nitrogens with one attached hydrogen (secondary N) is 1. The Balaban J connectivity index is 2.45. The molecule has 16 heavy (non-hydrogen) atoms. The fourth-order valence-electron chi connectivity index (χ4n) is 2.02. The zero-order valence-electron chi connectivity index (χ0n) is 9.95. The second kappa shape index (κ2) is 4.81. The molecule has 1 aromatic carbocycles. The van der Waals surface area contributed by atoms with Crippen LogP contribution in [-0.2, 0) is 0 Å². The second-order valence-corrected chi connectivity index (χ2v) is 4.99. The Bertz CT molecular complexity index is 473.